The molecule has 0 amide bonds. The van der Waals surface area contributed by atoms with Crippen molar-refractivity contribution in [1.29, 1.82) is 5.26 Å². The molecule has 1 aromatic heterocycles. The smallest absolute Gasteiger partial charge is 0.125 e. The van der Waals surface area contributed by atoms with Crippen molar-refractivity contribution >= 4 is 5.82 Å². The number of hydrogen-bond acceptors (Lipinski definition) is 4. The van der Waals surface area contributed by atoms with Gasteiger partial charge < -0.3 is 10.6 Å². The fraction of sp³-hybridized carbons (Fsp3) is 0.455. The van der Waals surface area contributed by atoms with Gasteiger partial charge in [0.2, 0.25) is 0 Å². The number of rotatable bonds is 5. The first-order valence-electron chi connectivity index (χ1n) is 5.01. The molecule has 1 aromatic rings. The van der Waals surface area contributed by atoms with E-state index < -0.39 is 0 Å². The van der Waals surface area contributed by atoms with Gasteiger partial charge in [-0.15, -0.1) is 0 Å². The van der Waals surface area contributed by atoms with Crippen LogP contribution >= 0.6 is 0 Å². The molecule has 0 fully saturated rings. The molecule has 1 atom stereocenters. The minimum atomic E-state index is 0.549. The van der Waals surface area contributed by atoms with Crippen LogP contribution in [-0.2, 0) is 0 Å². The minimum absolute atomic E-state index is 0.549. The third-order valence-electron chi connectivity index (χ3n) is 2.08. The number of pyridine rings is 1. The predicted molar refractivity (Wildman–Crippen MR) is 60.5 cm³/mol. The molecule has 0 radical (unpaired) electrons. The summed E-state index contributed by atoms with van der Waals surface area (Å²) in [5.41, 5.74) is 0.587. The summed E-state index contributed by atoms with van der Waals surface area (Å²) in [6.07, 6.45) is 1.57. The molecule has 0 saturated heterocycles. The lowest BCUT2D eigenvalue weighted by Crippen LogP contribution is -2.23. The second kappa shape index (κ2) is 5.99. The Balaban J connectivity index is 2.41. The normalized spacial score (nSPS) is 11.8. The van der Waals surface area contributed by atoms with Crippen LogP contribution in [0.2, 0.25) is 0 Å². The zero-order valence-corrected chi connectivity index (χ0v) is 9.12. The van der Waals surface area contributed by atoms with E-state index in [4.69, 9.17) is 5.26 Å². The summed E-state index contributed by atoms with van der Waals surface area (Å²) >= 11 is 0. The molecule has 4 nitrogen and oxygen atoms in total. The van der Waals surface area contributed by atoms with Crippen molar-refractivity contribution in [2.75, 3.05) is 25.5 Å². The molecule has 0 bridgehead atoms. The van der Waals surface area contributed by atoms with Gasteiger partial charge in [0.05, 0.1) is 5.56 Å². The van der Waals surface area contributed by atoms with Gasteiger partial charge in [0.15, 0.2) is 0 Å². The highest BCUT2D eigenvalue weighted by atomic mass is 15.0. The van der Waals surface area contributed by atoms with Crippen LogP contribution in [0.1, 0.15) is 12.5 Å². The number of anilines is 1. The molecule has 0 aromatic carbocycles. The molecular weight excluding hydrogens is 188 g/mol. The number of hydrogen-bond donors (Lipinski definition) is 2. The molecule has 0 aliphatic carbocycles. The Bertz CT molecular complexity index is 325. The van der Waals surface area contributed by atoms with E-state index in [1.807, 2.05) is 19.2 Å². The first-order valence-corrected chi connectivity index (χ1v) is 5.01. The van der Waals surface area contributed by atoms with Crippen LogP contribution in [0.5, 0.6) is 0 Å². The maximum atomic E-state index is 8.60. The fourth-order valence-electron chi connectivity index (χ4n) is 1.26. The van der Waals surface area contributed by atoms with Crippen molar-refractivity contribution in [2.45, 2.75) is 6.92 Å². The van der Waals surface area contributed by atoms with Crippen molar-refractivity contribution in [2.24, 2.45) is 5.92 Å². The van der Waals surface area contributed by atoms with Gasteiger partial charge in [-0.25, -0.2) is 4.98 Å². The quantitative estimate of drug-likeness (QED) is 0.757. The predicted octanol–water partition coefficient (Wildman–Crippen LogP) is 1.22. The molecule has 1 rings (SSSR count). The van der Waals surface area contributed by atoms with Crippen molar-refractivity contribution in [3.63, 3.8) is 0 Å². The second-order valence-electron chi connectivity index (χ2n) is 3.59. The van der Waals surface area contributed by atoms with E-state index in [0.717, 1.165) is 18.9 Å². The first kappa shape index (κ1) is 11.5. The number of nitrogens with zero attached hydrogens (tertiary/aromatic N) is 2. The van der Waals surface area contributed by atoms with E-state index in [1.165, 1.54) is 0 Å². The largest absolute Gasteiger partial charge is 0.370 e. The fourth-order valence-corrected chi connectivity index (χ4v) is 1.26. The Hall–Kier alpha value is -1.60. The van der Waals surface area contributed by atoms with E-state index in [0.29, 0.717) is 11.5 Å². The highest BCUT2D eigenvalue weighted by molar-refractivity contribution is 5.38. The van der Waals surface area contributed by atoms with Crippen molar-refractivity contribution < 1.29 is 0 Å². The van der Waals surface area contributed by atoms with Gasteiger partial charge in [-0.3, -0.25) is 0 Å². The SMILES string of the molecule is CNCC(C)CNc1ccc(C#N)cn1. The molecule has 0 saturated carbocycles. The number of nitrogens with one attached hydrogen (secondary N) is 2. The third-order valence-corrected chi connectivity index (χ3v) is 2.08. The Morgan fingerprint density at radius 2 is 2.27 bits per heavy atom. The number of aromatic nitrogens is 1. The molecule has 1 heterocycles. The molecule has 1 unspecified atom stereocenters. The van der Waals surface area contributed by atoms with E-state index >= 15 is 0 Å². The molecule has 15 heavy (non-hydrogen) atoms. The zero-order valence-electron chi connectivity index (χ0n) is 9.12. The second-order valence-corrected chi connectivity index (χ2v) is 3.59. The van der Waals surface area contributed by atoms with Crippen LogP contribution in [0.4, 0.5) is 5.82 Å². The summed E-state index contributed by atoms with van der Waals surface area (Å²) in [5, 5.41) is 14.9. The lowest BCUT2D eigenvalue weighted by Gasteiger charge is -2.12. The molecule has 2 N–H and O–H groups in total. The van der Waals surface area contributed by atoms with Crippen LogP contribution < -0.4 is 10.6 Å². The highest BCUT2D eigenvalue weighted by Gasteiger charge is 2.00. The summed E-state index contributed by atoms with van der Waals surface area (Å²) in [6.45, 7) is 4.01. The van der Waals surface area contributed by atoms with Crippen molar-refractivity contribution in [3.05, 3.63) is 23.9 Å². The molecule has 0 aliphatic rings. The van der Waals surface area contributed by atoms with Gasteiger partial charge in [0, 0.05) is 12.7 Å². The Morgan fingerprint density at radius 1 is 1.47 bits per heavy atom. The van der Waals surface area contributed by atoms with Crippen LogP contribution in [0.15, 0.2) is 18.3 Å². The summed E-state index contributed by atoms with van der Waals surface area (Å²) in [4.78, 5) is 4.13. The lowest BCUT2D eigenvalue weighted by atomic mass is 10.2. The highest BCUT2D eigenvalue weighted by Crippen LogP contribution is 2.04. The van der Waals surface area contributed by atoms with Crippen LogP contribution in [-0.4, -0.2) is 25.1 Å². The Kier molecular flexibility index (Phi) is 4.58. The average molecular weight is 204 g/mol. The van der Waals surface area contributed by atoms with Gasteiger partial charge in [-0.05, 0) is 31.6 Å². The molecule has 80 valence electrons. The maximum Gasteiger partial charge on any atom is 0.125 e. The van der Waals surface area contributed by atoms with Gasteiger partial charge in [0.25, 0.3) is 0 Å². The average Bonchev–Trinajstić information content (AvgIpc) is 2.27. The third kappa shape index (κ3) is 3.96. The van der Waals surface area contributed by atoms with Crippen LogP contribution in [0.3, 0.4) is 0 Å². The van der Waals surface area contributed by atoms with E-state index in [2.05, 4.69) is 22.5 Å². The van der Waals surface area contributed by atoms with E-state index in [9.17, 15) is 0 Å². The van der Waals surface area contributed by atoms with Crippen LogP contribution in [0.25, 0.3) is 0 Å². The summed E-state index contributed by atoms with van der Waals surface area (Å²) in [5.74, 6) is 1.37. The topological polar surface area (TPSA) is 60.7 Å². The Labute approximate surface area is 90.3 Å². The van der Waals surface area contributed by atoms with Crippen molar-refractivity contribution in [1.82, 2.24) is 10.3 Å². The van der Waals surface area contributed by atoms with Crippen molar-refractivity contribution in [3.8, 4) is 6.07 Å². The maximum absolute atomic E-state index is 8.60. The number of nitriles is 1. The van der Waals surface area contributed by atoms with E-state index in [-0.39, 0.29) is 0 Å². The van der Waals surface area contributed by atoms with Gasteiger partial charge in [-0.2, -0.15) is 5.26 Å². The molecule has 0 spiro atoms. The monoisotopic (exact) mass is 204 g/mol. The van der Waals surface area contributed by atoms with Crippen LogP contribution in [0, 0.1) is 17.2 Å². The zero-order chi connectivity index (χ0) is 11.1. The summed E-state index contributed by atoms with van der Waals surface area (Å²) in [7, 11) is 1.94. The van der Waals surface area contributed by atoms with E-state index in [1.54, 1.807) is 12.3 Å². The minimum Gasteiger partial charge on any atom is -0.370 e. The standard InChI is InChI=1S/C11H16N4/c1-9(6-13-2)7-14-11-4-3-10(5-12)8-15-11/h3-4,8-9,13H,6-7H2,1-2H3,(H,14,15). The molecular formula is C11H16N4. The summed E-state index contributed by atoms with van der Waals surface area (Å²) < 4.78 is 0. The summed E-state index contributed by atoms with van der Waals surface area (Å²) in [6, 6.07) is 5.63. The molecule has 4 heteroatoms. The lowest BCUT2D eigenvalue weighted by molar-refractivity contribution is 0.569. The Morgan fingerprint density at radius 3 is 2.80 bits per heavy atom. The van der Waals surface area contributed by atoms with Gasteiger partial charge in [0.1, 0.15) is 11.9 Å². The first-order chi connectivity index (χ1) is 7.26. The molecule has 0 aliphatic heterocycles. The van der Waals surface area contributed by atoms with Gasteiger partial charge >= 0.3 is 0 Å². The van der Waals surface area contributed by atoms with Gasteiger partial charge in [-0.1, -0.05) is 6.92 Å².